The van der Waals surface area contributed by atoms with Gasteiger partial charge in [0.1, 0.15) is 0 Å². The molecule has 8 heteroatoms. The fraction of sp³-hybridized carbons (Fsp3) is 0.190. The van der Waals surface area contributed by atoms with Crippen molar-refractivity contribution in [3.05, 3.63) is 72.6 Å². The first-order chi connectivity index (χ1) is 13.8. The smallest absolute Gasteiger partial charge is 0.255 e. The first-order valence-corrected chi connectivity index (χ1v) is 10.5. The molecular weight excluding hydrogens is 388 g/mol. The van der Waals surface area contributed by atoms with Crippen molar-refractivity contribution >= 4 is 21.6 Å². The van der Waals surface area contributed by atoms with Crippen LogP contribution in [0.1, 0.15) is 24.2 Å². The summed E-state index contributed by atoms with van der Waals surface area (Å²) in [7, 11) is -2.16. The normalized spacial score (nSPS) is 11.6. The van der Waals surface area contributed by atoms with Crippen molar-refractivity contribution in [1.82, 2.24) is 14.3 Å². The molecule has 0 saturated heterocycles. The largest absolute Gasteiger partial charge is 0.319 e. The van der Waals surface area contributed by atoms with E-state index in [0.717, 1.165) is 5.56 Å². The molecule has 0 radical (unpaired) electrons. The number of hydrogen-bond acceptors (Lipinski definition) is 5. The number of rotatable bonds is 6. The van der Waals surface area contributed by atoms with E-state index < -0.39 is 15.9 Å². The molecule has 0 aliphatic carbocycles. The van der Waals surface area contributed by atoms with Gasteiger partial charge in [0, 0.05) is 24.2 Å². The highest BCUT2D eigenvalue weighted by molar-refractivity contribution is 7.89. The standard InChI is InChI=1S/C21H22N4O3S/c1-15(2)25(3)29(27,28)19-11-7-10-17(12-19)21(26)24-18-13-22-20(23-14-18)16-8-5-4-6-9-16/h4-15H,1-3H3,(H,24,26). The predicted octanol–water partition coefficient (Wildman–Crippen LogP) is 3.42. The van der Waals surface area contributed by atoms with E-state index >= 15 is 0 Å². The third-order valence-electron chi connectivity index (χ3n) is 4.44. The Morgan fingerprint density at radius 1 is 1.00 bits per heavy atom. The number of nitrogens with zero attached hydrogens (tertiary/aromatic N) is 3. The topological polar surface area (TPSA) is 92.3 Å². The van der Waals surface area contributed by atoms with Crippen molar-refractivity contribution in [3.8, 4) is 11.4 Å². The Morgan fingerprint density at radius 3 is 2.28 bits per heavy atom. The predicted molar refractivity (Wildman–Crippen MR) is 112 cm³/mol. The highest BCUT2D eigenvalue weighted by Crippen LogP contribution is 2.19. The molecule has 3 rings (SSSR count). The second-order valence-corrected chi connectivity index (χ2v) is 8.76. The molecule has 0 atom stereocenters. The van der Waals surface area contributed by atoms with Crippen molar-refractivity contribution < 1.29 is 13.2 Å². The fourth-order valence-electron chi connectivity index (χ4n) is 2.57. The molecule has 1 amide bonds. The zero-order chi connectivity index (χ0) is 21.0. The maximum absolute atomic E-state index is 12.7. The van der Waals surface area contributed by atoms with Crippen LogP contribution in [0.25, 0.3) is 11.4 Å². The summed E-state index contributed by atoms with van der Waals surface area (Å²) in [6.45, 7) is 3.57. The summed E-state index contributed by atoms with van der Waals surface area (Å²) < 4.78 is 26.6. The summed E-state index contributed by atoms with van der Waals surface area (Å²) in [5.41, 5.74) is 1.52. The van der Waals surface area contributed by atoms with Crippen LogP contribution in [0.2, 0.25) is 0 Å². The van der Waals surface area contributed by atoms with E-state index in [4.69, 9.17) is 0 Å². The molecule has 29 heavy (non-hydrogen) atoms. The lowest BCUT2D eigenvalue weighted by Crippen LogP contribution is -2.33. The van der Waals surface area contributed by atoms with Gasteiger partial charge in [-0.15, -0.1) is 0 Å². The van der Waals surface area contributed by atoms with Crippen molar-refractivity contribution in [1.29, 1.82) is 0 Å². The third kappa shape index (κ3) is 4.67. The number of sulfonamides is 1. The van der Waals surface area contributed by atoms with Crippen LogP contribution in [0.4, 0.5) is 5.69 Å². The molecule has 0 spiro atoms. The molecule has 1 aromatic heterocycles. The lowest BCUT2D eigenvalue weighted by molar-refractivity contribution is 0.102. The molecular formula is C21H22N4O3S. The Labute approximate surface area is 170 Å². The molecule has 7 nitrogen and oxygen atoms in total. The summed E-state index contributed by atoms with van der Waals surface area (Å²) in [4.78, 5) is 21.2. The van der Waals surface area contributed by atoms with Crippen molar-refractivity contribution in [3.63, 3.8) is 0 Å². The molecule has 150 valence electrons. The lowest BCUT2D eigenvalue weighted by atomic mass is 10.2. The SMILES string of the molecule is CC(C)N(C)S(=O)(=O)c1cccc(C(=O)Nc2cnc(-c3ccccc3)nc2)c1. The maximum Gasteiger partial charge on any atom is 0.255 e. The number of hydrogen-bond donors (Lipinski definition) is 1. The summed E-state index contributed by atoms with van der Waals surface area (Å²) >= 11 is 0. The van der Waals surface area contributed by atoms with Crippen LogP contribution in [-0.4, -0.2) is 41.7 Å². The average molecular weight is 410 g/mol. The highest BCUT2D eigenvalue weighted by atomic mass is 32.2. The van der Waals surface area contributed by atoms with Gasteiger partial charge in [-0.1, -0.05) is 36.4 Å². The van der Waals surface area contributed by atoms with Crippen LogP contribution < -0.4 is 5.32 Å². The van der Waals surface area contributed by atoms with Gasteiger partial charge in [-0.2, -0.15) is 4.31 Å². The van der Waals surface area contributed by atoms with Gasteiger partial charge in [-0.05, 0) is 32.0 Å². The zero-order valence-corrected chi connectivity index (χ0v) is 17.2. The van der Waals surface area contributed by atoms with Gasteiger partial charge in [0.25, 0.3) is 5.91 Å². The number of amides is 1. The van der Waals surface area contributed by atoms with Crippen LogP contribution in [0.15, 0.2) is 71.9 Å². The van der Waals surface area contributed by atoms with E-state index in [1.54, 1.807) is 26.0 Å². The molecule has 0 fully saturated rings. The van der Waals surface area contributed by atoms with Gasteiger partial charge >= 0.3 is 0 Å². The Morgan fingerprint density at radius 2 is 1.66 bits per heavy atom. The van der Waals surface area contributed by atoms with Crippen LogP contribution >= 0.6 is 0 Å². The number of aromatic nitrogens is 2. The summed E-state index contributed by atoms with van der Waals surface area (Å²) in [6.07, 6.45) is 3.03. The molecule has 3 aromatic rings. The van der Waals surface area contributed by atoms with Gasteiger partial charge in [0.2, 0.25) is 10.0 Å². The summed E-state index contributed by atoms with van der Waals surface area (Å²) in [6, 6.07) is 15.2. The molecule has 1 N–H and O–H groups in total. The molecule has 0 bridgehead atoms. The average Bonchev–Trinajstić information content (AvgIpc) is 2.74. The Bertz CT molecular complexity index is 1100. The van der Waals surface area contributed by atoms with E-state index in [-0.39, 0.29) is 16.5 Å². The van der Waals surface area contributed by atoms with E-state index in [0.29, 0.717) is 11.5 Å². The van der Waals surface area contributed by atoms with Gasteiger partial charge < -0.3 is 5.32 Å². The number of nitrogens with one attached hydrogen (secondary N) is 1. The van der Waals surface area contributed by atoms with E-state index in [9.17, 15) is 13.2 Å². The van der Waals surface area contributed by atoms with Crippen molar-refractivity contribution in [2.24, 2.45) is 0 Å². The van der Waals surface area contributed by atoms with E-state index in [1.165, 1.54) is 35.9 Å². The molecule has 0 saturated carbocycles. The number of carbonyl (C=O) groups is 1. The lowest BCUT2D eigenvalue weighted by Gasteiger charge is -2.21. The first-order valence-electron chi connectivity index (χ1n) is 9.06. The van der Waals surface area contributed by atoms with Crippen molar-refractivity contribution in [2.45, 2.75) is 24.8 Å². The quantitative estimate of drug-likeness (QED) is 0.672. The molecule has 0 aliphatic rings. The fourth-order valence-corrected chi connectivity index (χ4v) is 3.99. The van der Waals surface area contributed by atoms with Gasteiger partial charge in [-0.25, -0.2) is 18.4 Å². The zero-order valence-electron chi connectivity index (χ0n) is 16.4. The van der Waals surface area contributed by atoms with Crippen molar-refractivity contribution in [2.75, 3.05) is 12.4 Å². The van der Waals surface area contributed by atoms with Crippen LogP contribution in [0.5, 0.6) is 0 Å². The highest BCUT2D eigenvalue weighted by Gasteiger charge is 2.24. The first kappa shape index (κ1) is 20.6. The monoisotopic (exact) mass is 410 g/mol. The van der Waals surface area contributed by atoms with Crippen LogP contribution in [-0.2, 0) is 10.0 Å². The minimum Gasteiger partial charge on any atom is -0.319 e. The van der Waals surface area contributed by atoms with Gasteiger partial charge in [0.15, 0.2) is 5.82 Å². The van der Waals surface area contributed by atoms with E-state index in [2.05, 4.69) is 15.3 Å². The van der Waals surface area contributed by atoms with Gasteiger partial charge in [0.05, 0.1) is 23.0 Å². The number of anilines is 1. The minimum absolute atomic E-state index is 0.0667. The number of carbonyl (C=O) groups excluding carboxylic acids is 1. The molecule has 0 aliphatic heterocycles. The summed E-state index contributed by atoms with van der Waals surface area (Å²) in [5.74, 6) is 0.110. The van der Waals surface area contributed by atoms with Crippen LogP contribution in [0.3, 0.4) is 0 Å². The molecule has 1 heterocycles. The van der Waals surface area contributed by atoms with Gasteiger partial charge in [-0.3, -0.25) is 4.79 Å². The van der Waals surface area contributed by atoms with Crippen LogP contribution in [0, 0.1) is 0 Å². The third-order valence-corrected chi connectivity index (χ3v) is 6.47. The molecule has 0 unspecified atom stereocenters. The Kier molecular flexibility index (Phi) is 6.05. The number of benzene rings is 2. The summed E-state index contributed by atoms with van der Waals surface area (Å²) in [5, 5.41) is 2.70. The Balaban J connectivity index is 1.78. The molecule has 2 aromatic carbocycles. The maximum atomic E-state index is 12.7. The minimum atomic E-state index is -3.67. The second kappa shape index (κ2) is 8.50. The Hall–Kier alpha value is -3.10. The second-order valence-electron chi connectivity index (χ2n) is 6.76. The van der Waals surface area contributed by atoms with E-state index in [1.807, 2.05) is 30.3 Å².